The molecule has 8 unspecified atom stereocenters. The lowest BCUT2D eigenvalue weighted by atomic mass is 9.89. The Morgan fingerprint density at radius 2 is 0.946 bits per heavy atom. The van der Waals surface area contributed by atoms with E-state index in [2.05, 4.69) is 0 Å². The second-order valence-electron chi connectivity index (χ2n) is 28.0. The Morgan fingerprint density at radius 3 is 1.39 bits per heavy atom. The van der Waals surface area contributed by atoms with Crippen molar-refractivity contribution < 1.29 is 107 Å². The number of hydrogen-bond acceptors (Lipinski definition) is 23. The number of aliphatic hydroxyl groups excluding tert-OH is 5. The molecular formula is C86H103N3O23. The zero-order valence-electron chi connectivity index (χ0n) is 65.0. The molecule has 2 heterocycles. The van der Waals surface area contributed by atoms with E-state index in [4.69, 9.17) is 47.4 Å². The topological polar surface area (TPSA) is 345 Å². The molecule has 26 nitrogen and oxygen atoms in total. The molecule has 2 aliphatic heterocycles. The molecule has 112 heavy (non-hydrogen) atoms. The maximum absolute atomic E-state index is 14.7. The minimum absolute atomic E-state index is 0.0383. The Balaban J connectivity index is 0.842. The Labute approximate surface area is 652 Å². The van der Waals surface area contributed by atoms with Crippen LogP contribution in [0, 0.1) is 17.0 Å². The van der Waals surface area contributed by atoms with Crippen LogP contribution in [-0.2, 0) is 93.6 Å². The van der Waals surface area contributed by atoms with E-state index < -0.39 is 109 Å². The van der Waals surface area contributed by atoms with E-state index in [9.17, 15) is 64.4 Å². The fourth-order valence-electron chi connectivity index (χ4n) is 14.8. The maximum atomic E-state index is 14.7. The third kappa shape index (κ3) is 21.3. The van der Waals surface area contributed by atoms with E-state index in [1.54, 1.807) is 102 Å². The van der Waals surface area contributed by atoms with Crippen molar-refractivity contribution in [3.8, 4) is 34.5 Å². The number of rotatable bonds is 38. The van der Waals surface area contributed by atoms with Crippen LogP contribution < -0.4 is 28.4 Å². The van der Waals surface area contributed by atoms with Gasteiger partial charge in [-0.1, -0.05) is 74.5 Å². The van der Waals surface area contributed by atoms with E-state index in [-0.39, 0.29) is 67.2 Å². The molecule has 0 radical (unpaired) electrons. The van der Waals surface area contributed by atoms with Crippen LogP contribution in [0.1, 0.15) is 206 Å². The average molecular weight is 1550 g/mol. The number of methoxy groups -OCH3 is 4. The number of likely N-dealkylation sites (tertiary alicyclic amines) is 2. The van der Waals surface area contributed by atoms with Gasteiger partial charge in [0.2, 0.25) is 11.8 Å². The van der Waals surface area contributed by atoms with Gasteiger partial charge in [0.25, 0.3) is 5.69 Å². The molecule has 2 amide bonds. The Kier molecular flexibility index (Phi) is 31.3. The molecule has 7 aromatic carbocycles. The monoisotopic (exact) mass is 1550 g/mol. The van der Waals surface area contributed by atoms with Crippen molar-refractivity contribution in [1.29, 1.82) is 0 Å². The highest BCUT2D eigenvalue weighted by Gasteiger charge is 2.41. The number of piperidine rings is 2. The van der Waals surface area contributed by atoms with Crippen LogP contribution in [0.15, 0.2) is 127 Å². The number of benzene rings is 7. The number of nitro groups is 1. The Bertz CT molecular complexity index is 4380. The van der Waals surface area contributed by atoms with Gasteiger partial charge in [0, 0.05) is 35.8 Å². The van der Waals surface area contributed by atoms with Crippen molar-refractivity contribution in [2.75, 3.05) is 54.7 Å². The molecule has 2 saturated heterocycles. The highest BCUT2D eigenvalue weighted by atomic mass is 16.6. The molecule has 26 heteroatoms. The number of hydrogen-bond donors (Lipinski definition) is 5. The number of carbonyl (C=O) groups is 6. The summed E-state index contributed by atoms with van der Waals surface area (Å²) in [4.78, 5) is 101. The zero-order valence-corrected chi connectivity index (χ0v) is 65.0. The van der Waals surface area contributed by atoms with Gasteiger partial charge in [0.05, 0.1) is 83.8 Å². The molecule has 0 spiro atoms. The molecule has 2 fully saturated rings. The molecule has 600 valence electrons. The summed E-state index contributed by atoms with van der Waals surface area (Å²) in [6.07, 6.45) is 1.38. The van der Waals surface area contributed by atoms with Gasteiger partial charge >= 0.3 is 23.9 Å². The molecule has 9 rings (SSSR count). The van der Waals surface area contributed by atoms with Gasteiger partial charge in [0.15, 0.2) is 13.2 Å². The van der Waals surface area contributed by atoms with Crippen molar-refractivity contribution in [1.82, 2.24) is 9.80 Å². The highest BCUT2D eigenvalue weighted by molar-refractivity contribution is 5.90. The van der Waals surface area contributed by atoms with Crippen LogP contribution in [0.4, 0.5) is 5.69 Å². The predicted octanol–water partition coefficient (Wildman–Crippen LogP) is 12.3. The standard InChI is InChI=1S/C86H103N3O23/c1-10-67(60-38-62(45-90)70(48-93)79(43-60)105-8)83(97)87-34-14-12-22-72(87)85(99)111-76(32-27-55-26-31-75(103-6)64(36-55)47-92)58-18-16-20-65(40-58)107-50-81(95)109-53(4)57-29-30-69(74(42-57)89(101)102)54(5)110-82(96)51-108-66-21-17-19-59(41-66)77(33-28-56-25-24-52(3)78(37-56)104-7)112-86(100)73-23-13-15-35-88(73)84(98)68(11-2)61-39-63(46-91)71(49-94)80(44-61)106-9/h16-21,24-26,29-31,36-44,53-54,67-68,72-73,76-77,90-94H,10-15,22-23,27-28,32-35,45-51H2,1-9H3. The summed E-state index contributed by atoms with van der Waals surface area (Å²) in [5, 5.41) is 63.4. The molecule has 0 aromatic heterocycles. The van der Waals surface area contributed by atoms with Crippen LogP contribution in [0.25, 0.3) is 0 Å². The van der Waals surface area contributed by atoms with E-state index in [0.717, 1.165) is 16.7 Å². The van der Waals surface area contributed by atoms with Crippen molar-refractivity contribution in [3.05, 3.63) is 215 Å². The van der Waals surface area contributed by atoms with E-state index in [1.165, 1.54) is 53.4 Å². The first-order valence-electron chi connectivity index (χ1n) is 37.9. The minimum atomic E-state index is -1.17. The van der Waals surface area contributed by atoms with Crippen LogP contribution in [-0.4, -0.2) is 143 Å². The summed E-state index contributed by atoms with van der Waals surface area (Å²) in [6, 6.07) is 33.5. The summed E-state index contributed by atoms with van der Waals surface area (Å²) in [6.45, 7) is 6.18. The van der Waals surface area contributed by atoms with Gasteiger partial charge in [0.1, 0.15) is 71.0 Å². The number of amides is 2. The summed E-state index contributed by atoms with van der Waals surface area (Å²) < 4.78 is 58.4. The van der Waals surface area contributed by atoms with Crippen molar-refractivity contribution in [2.45, 2.75) is 193 Å². The molecule has 7 aromatic rings. The van der Waals surface area contributed by atoms with Crippen LogP contribution in [0.5, 0.6) is 34.5 Å². The SMILES string of the molecule is CCC(C(=O)N1CCCCC1C(=O)OC(CCc1ccc(OC)c(CO)c1)c1cccc(OCC(=O)OC(C)c2ccc(C(C)OC(=O)COc3cccc(C(CCc4ccc(C)c(OC)c4)OC(=O)C4CCCCN4C(=O)C(CC)c4cc(CO)c(CO)c(OC)c4)c3)c([N+](=O)[O-])c2)c1)c1cc(CO)c(CO)c(OC)c1. The molecule has 8 atom stereocenters. The maximum Gasteiger partial charge on any atom is 0.344 e. The first kappa shape index (κ1) is 85.4. The van der Waals surface area contributed by atoms with E-state index in [0.29, 0.717) is 150 Å². The summed E-state index contributed by atoms with van der Waals surface area (Å²) in [5.41, 5.74) is 6.92. The van der Waals surface area contributed by atoms with E-state index >= 15 is 0 Å². The molecule has 0 bridgehead atoms. The number of aryl methyl sites for hydroxylation is 3. The Hall–Kier alpha value is -10.6. The number of esters is 4. The third-order valence-corrected chi connectivity index (χ3v) is 20.9. The largest absolute Gasteiger partial charge is 0.496 e. The lowest BCUT2D eigenvalue weighted by Crippen LogP contribution is -2.50. The van der Waals surface area contributed by atoms with E-state index in [1.807, 2.05) is 45.0 Å². The highest BCUT2D eigenvalue weighted by Crippen LogP contribution is 2.40. The molecule has 2 aliphatic rings. The number of nitrogens with zero attached hydrogens (tertiary/aromatic N) is 3. The van der Waals surface area contributed by atoms with Gasteiger partial charge in [-0.25, -0.2) is 19.2 Å². The molecule has 0 saturated carbocycles. The Morgan fingerprint density at radius 1 is 0.482 bits per heavy atom. The third-order valence-electron chi connectivity index (χ3n) is 20.9. The lowest BCUT2D eigenvalue weighted by Gasteiger charge is -2.37. The summed E-state index contributed by atoms with van der Waals surface area (Å²) >= 11 is 0. The molecular weight excluding hydrogens is 1440 g/mol. The normalized spacial score (nSPS) is 15.8. The van der Waals surface area contributed by atoms with Crippen LogP contribution >= 0.6 is 0 Å². The molecule has 0 aliphatic carbocycles. The van der Waals surface area contributed by atoms with Gasteiger partial charge in [-0.2, -0.15) is 0 Å². The minimum Gasteiger partial charge on any atom is -0.496 e. The predicted molar refractivity (Wildman–Crippen MR) is 411 cm³/mol. The number of aliphatic hydroxyl groups is 5. The average Bonchev–Trinajstić information content (AvgIpc) is 0.790. The van der Waals surface area contributed by atoms with Gasteiger partial charge in [-0.05, 0) is 214 Å². The fraction of sp³-hybridized carbons (Fsp3) is 0.442. The van der Waals surface area contributed by atoms with Crippen LogP contribution in [0.2, 0.25) is 0 Å². The first-order chi connectivity index (χ1) is 54.0. The van der Waals surface area contributed by atoms with Gasteiger partial charge in [-0.15, -0.1) is 0 Å². The first-order valence-corrected chi connectivity index (χ1v) is 37.9. The van der Waals surface area contributed by atoms with Crippen molar-refractivity contribution in [2.24, 2.45) is 0 Å². The summed E-state index contributed by atoms with van der Waals surface area (Å²) in [7, 11) is 5.98. The zero-order chi connectivity index (χ0) is 80.7. The number of nitro benzene ring substituents is 1. The second kappa shape index (κ2) is 41.0. The van der Waals surface area contributed by atoms with Gasteiger partial charge in [-0.3, -0.25) is 19.7 Å². The van der Waals surface area contributed by atoms with Crippen molar-refractivity contribution >= 4 is 41.4 Å². The quantitative estimate of drug-likeness (QED) is 0.0104. The summed E-state index contributed by atoms with van der Waals surface area (Å²) in [5.74, 6) is -2.68. The molecule has 5 N–H and O–H groups in total. The van der Waals surface area contributed by atoms with Crippen molar-refractivity contribution in [3.63, 3.8) is 0 Å². The number of carbonyl (C=O) groups excluding carboxylic acids is 6. The fourth-order valence-corrected chi connectivity index (χ4v) is 14.8. The lowest BCUT2D eigenvalue weighted by molar-refractivity contribution is -0.386. The number of ether oxygens (including phenoxy) is 10. The van der Waals surface area contributed by atoms with Gasteiger partial charge < -0.3 is 82.7 Å². The second-order valence-corrected chi connectivity index (χ2v) is 28.0. The smallest absolute Gasteiger partial charge is 0.344 e. The van der Waals surface area contributed by atoms with Crippen LogP contribution in [0.3, 0.4) is 0 Å².